The Labute approximate surface area is 65.9 Å². The standard InChI is InChI=1S/C7H15BrO/c1-4-9-6-7(2,3)5-8/h4-6H2,1-3H3. The first kappa shape index (κ1) is 9.44. The zero-order valence-electron chi connectivity index (χ0n) is 6.41. The van der Waals surface area contributed by atoms with Gasteiger partial charge in [0.05, 0.1) is 6.61 Å². The Morgan fingerprint density at radius 1 is 1.44 bits per heavy atom. The maximum Gasteiger partial charge on any atom is 0.0524 e. The molecule has 0 saturated carbocycles. The molecule has 0 aliphatic heterocycles. The Balaban J connectivity index is 3.33. The van der Waals surface area contributed by atoms with Crippen LogP contribution >= 0.6 is 15.9 Å². The molecule has 0 aliphatic rings. The summed E-state index contributed by atoms with van der Waals surface area (Å²) in [5, 5.41) is 1.00. The molecule has 0 rings (SSSR count). The first-order chi connectivity index (χ1) is 4.12. The van der Waals surface area contributed by atoms with Gasteiger partial charge in [0.1, 0.15) is 0 Å². The van der Waals surface area contributed by atoms with Crippen molar-refractivity contribution in [3.05, 3.63) is 0 Å². The third kappa shape index (κ3) is 4.91. The van der Waals surface area contributed by atoms with E-state index in [1.54, 1.807) is 0 Å². The predicted octanol–water partition coefficient (Wildman–Crippen LogP) is 2.44. The average Bonchev–Trinajstić information content (AvgIpc) is 1.84. The van der Waals surface area contributed by atoms with Crippen molar-refractivity contribution in [1.29, 1.82) is 0 Å². The number of hydrogen-bond acceptors (Lipinski definition) is 1. The summed E-state index contributed by atoms with van der Waals surface area (Å²) in [7, 11) is 0. The first-order valence-corrected chi connectivity index (χ1v) is 4.38. The molecule has 0 bridgehead atoms. The topological polar surface area (TPSA) is 9.23 Å². The minimum Gasteiger partial charge on any atom is -0.381 e. The summed E-state index contributed by atoms with van der Waals surface area (Å²) in [4.78, 5) is 0. The van der Waals surface area contributed by atoms with E-state index in [9.17, 15) is 0 Å². The van der Waals surface area contributed by atoms with Crippen molar-refractivity contribution in [2.45, 2.75) is 20.8 Å². The van der Waals surface area contributed by atoms with Gasteiger partial charge in [-0.2, -0.15) is 0 Å². The summed E-state index contributed by atoms with van der Waals surface area (Å²) in [6.07, 6.45) is 0. The highest BCUT2D eigenvalue weighted by molar-refractivity contribution is 9.09. The second-order valence-corrected chi connectivity index (χ2v) is 3.50. The van der Waals surface area contributed by atoms with E-state index in [2.05, 4.69) is 29.8 Å². The molecule has 2 heteroatoms. The maximum atomic E-state index is 5.26. The third-order valence-corrected chi connectivity index (χ3v) is 2.58. The highest BCUT2D eigenvalue weighted by Crippen LogP contribution is 2.17. The molecule has 0 saturated heterocycles. The summed E-state index contributed by atoms with van der Waals surface area (Å²) in [5.41, 5.74) is 0.288. The van der Waals surface area contributed by atoms with E-state index >= 15 is 0 Å². The number of alkyl halides is 1. The molecule has 9 heavy (non-hydrogen) atoms. The minimum atomic E-state index is 0.288. The summed E-state index contributed by atoms with van der Waals surface area (Å²) >= 11 is 3.42. The highest BCUT2D eigenvalue weighted by Gasteiger charge is 2.14. The number of halogens is 1. The Morgan fingerprint density at radius 3 is 2.33 bits per heavy atom. The molecule has 0 aliphatic carbocycles. The zero-order chi connectivity index (χ0) is 7.33. The number of ether oxygens (including phenoxy) is 1. The van der Waals surface area contributed by atoms with E-state index in [1.165, 1.54) is 0 Å². The lowest BCUT2D eigenvalue weighted by atomic mass is 9.99. The van der Waals surface area contributed by atoms with Crippen LogP contribution in [0.1, 0.15) is 20.8 Å². The maximum absolute atomic E-state index is 5.26. The normalized spacial score (nSPS) is 12.0. The van der Waals surface area contributed by atoms with Gasteiger partial charge in [0.25, 0.3) is 0 Å². The van der Waals surface area contributed by atoms with Crippen LogP contribution < -0.4 is 0 Å². The van der Waals surface area contributed by atoms with Crippen LogP contribution in [0.25, 0.3) is 0 Å². The molecule has 0 fully saturated rings. The molecule has 0 aromatic carbocycles. The van der Waals surface area contributed by atoms with E-state index in [1.807, 2.05) is 6.92 Å². The van der Waals surface area contributed by atoms with Crippen LogP contribution in [0.15, 0.2) is 0 Å². The molecular weight excluding hydrogens is 180 g/mol. The highest BCUT2D eigenvalue weighted by atomic mass is 79.9. The van der Waals surface area contributed by atoms with Crippen LogP contribution in [0.3, 0.4) is 0 Å². The van der Waals surface area contributed by atoms with Crippen LogP contribution in [0.5, 0.6) is 0 Å². The summed E-state index contributed by atoms with van der Waals surface area (Å²) in [6.45, 7) is 8.03. The van der Waals surface area contributed by atoms with Crippen LogP contribution in [0, 0.1) is 5.41 Å². The quantitative estimate of drug-likeness (QED) is 0.626. The van der Waals surface area contributed by atoms with Crippen molar-refractivity contribution in [3.8, 4) is 0 Å². The van der Waals surface area contributed by atoms with Crippen molar-refractivity contribution >= 4 is 15.9 Å². The van der Waals surface area contributed by atoms with Crippen LogP contribution in [-0.4, -0.2) is 18.5 Å². The Morgan fingerprint density at radius 2 is 2.00 bits per heavy atom. The van der Waals surface area contributed by atoms with Crippen molar-refractivity contribution in [2.75, 3.05) is 18.5 Å². The molecular formula is C7H15BrO. The molecule has 0 unspecified atom stereocenters. The molecule has 0 N–H and O–H groups in total. The number of rotatable bonds is 4. The fourth-order valence-corrected chi connectivity index (χ4v) is 0.579. The monoisotopic (exact) mass is 194 g/mol. The molecule has 0 aromatic heterocycles. The average molecular weight is 195 g/mol. The molecule has 0 spiro atoms. The SMILES string of the molecule is CCOCC(C)(C)CBr. The van der Waals surface area contributed by atoms with Gasteiger partial charge < -0.3 is 4.74 Å². The molecule has 0 atom stereocenters. The lowest BCUT2D eigenvalue weighted by Crippen LogP contribution is -2.20. The lowest BCUT2D eigenvalue weighted by Gasteiger charge is -2.20. The van der Waals surface area contributed by atoms with Gasteiger partial charge in [-0.1, -0.05) is 29.8 Å². The zero-order valence-corrected chi connectivity index (χ0v) is 7.99. The van der Waals surface area contributed by atoms with Gasteiger partial charge in [0, 0.05) is 11.9 Å². The van der Waals surface area contributed by atoms with Gasteiger partial charge in [-0.25, -0.2) is 0 Å². The number of hydrogen-bond donors (Lipinski definition) is 0. The fraction of sp³-hybridized carbons (Fsp3) is 1.00. The predicted molar refractivity (Wildman–Crippen MR) is 44.1 cm³/mol. The first-order valence-electron chi connectivity index (χ1n) is 3.26. The molecule has 56 valence electrons. The van der Waals surface area contributed by atoms with Gasteiger partial charge in [-0.05, 0) is 12.3 Å². The smallest absolute Gasteiger partial charge is 0.0524 e. The summed E-state index contributed by atoms with van der Waals surface area (Å²) < 4.78 is 5.26. The van der Waals surface area contributed by atoms with Crippen LogP contribution in [0.4, 0.5) is 0 Å². The second-order valence-electron chi connectivity index (χ2n) is 2.93. The van der Waals surface area contributed by atoms with Crippen molar-refractivity contribution in [3.63, 3.8) is 0 Å². The van der Waals surface area contributed by atoms with Crippen LogP contribution in [0.2, 0.25) is 0 Å². The van der Waals surface area contributed by atoms with E-state index in [0.29, 0.717) is 0 Å². The van der Waals surface area contributed by atoms with E-state index in [0.717, 1.165) is 18.5 Å². The summed E-state index contributed by atoms with van der Waals surface area (Å²) in [5.74, 6) is 0. The van der Waals surface area contributed by atoms with Gasteiger partial charge in [0.15, 0.2) is 0 Å². The lowest BCUT2D eigenvalue weighted by molar-refractivity contribution is 0.0834. The van der Waals surface area contributed by atoms with Gasteiger partial charge in [-0.15, -0.1) is 0 Å². The summed E-state index contributed by atoms with van der Waals surface area (Å²) in [6, 6.07) is 0. The fourth-order valence-electron chi connectivity index (χ4n) is 0.417. The molecule has 0 amide bonds. The van der Waals surface area contributed by atoms with Gasteiger partial charge in [-0.3, -0.25) is 0 Å². The minimum absolute atomic E-state index is 0.288. The molecule has 0 aromatic rings. The third-order valence-electron chi connectivity index (χ3n) is 1.06. The molecule has 0 radical (unpaired) electrons. The van der Waals surface area contributed by atoms with E-state index < -0.39 is 0 Å². The van der Waals surface area contributed by atoms with Crippen LogP contribution in [-0.2, 0) is 4.74 Å². The largest absolute Gasteiger partial charge is 0.381 e. The molecule has 1 nitrogen and oxygen atoms in total. The van der Waals surface area contributed by atoms with Crippen molar-refractivity contribution < 1.29 is 4.74 Å². The Bertz CT molecular complexity index is 71.3. The van der Waals surface area contributed by atoms with Gasteiger partial charge >= 0.3 is 0 Å². The van der Waals surface area contributed by atoms with Gasteiger partial charge in [0.2, 0.25) is 0 Å². The second kappa shape index (κ2) is 4.29. The Hall–Kier alpha value is 0.440. The Kier molecular flexibility index (Phi) is 4.50. The van der Waals surface area contributed by atoms with E-state index in [4.69, 9.17) is 4.74 Å². The molecule has 0 heterocycles. The van der Waals surface area contributed by atoms with Crippen molar-refractivity contribution in [1.82, 2.24) is 0 Å². The van der Waals surface area contributed by atoms with Crippen molar-refractivity contribution in [2.24, 2.45) is 5.41 Å². The van der Waals surface area contributed by atoms with E-state index in [-0.39, 0.29) is 5.41 Å².